The summed E-state index contributed by atoms with van der Waals surface area (Å²) in [6.45, 7) is 1.83. The first-order valence-corrected chi connectivity index (χ1v) is 5.39. The lowest BCUT2D eigenvalue weighted by molar-refractivity contribution is 0.0691. The number of carbonyl (C=O) groups is 2. The van der Waals surface area contributed by atoms with E-state index in [9.17, 15) is 9.59 Å². The van der Waals surface area contributed by atoms with Gasteiger partial charge >= 0.3 is 5.97 Å². The molecule has 1 heterocycles. The molecule has 0 bridgehead atoms. The molecule has 98 valence electrons. The van der Waals surface area contributed by atoms with E-state index in [1.165, 1.54) is 10.9 Å². The van der Waals surface area contributed by atoms with Crippen molar-refractivity contribution in [3.05, 3.63) is 41.2 Å². The molecule has 0 fully saturated rings. The molecule has 7 heteroatoms. The summed E-state index contributed by atoms with van der Waals surface area (Å²) in [6.07, 6.45) is 1.34. The number of nitrogens with zero attached hydrogens (tertiary/aromatic N) is 2. The van der Waals surface area contributed by atoms with Gasteiger partial charge in [-0.1, -0.05) is 6.07 Å². The van der Waals surface area contributed by atoms with Gasteiger partial charge in [0.25, 0.3) is 5.91 Å². The number of hydrogen-bond donors (Lipinski definition) is 3. The number of anilines is 1. The van der Waals surface area contributed by atoms with Crippen LogP contribution >= 0.6 is 0 Å². The molecule has 0 aliphatic rings. The molecule has 1 amide bonds. The molecule has 0 aliphatic heterocycles. The Morgan fingerprint density at radius 2 is 2.05 bits per heavy atom. The summed E-state index contributed by atoms with van der Waals surface area (Å²) in [7, 11) is 0. The average Bonchev–Trinajstić information content (AvgIpc) is 2.70. The number of carboxylic acid groups (broad SMARTS) is 1. The Balaban J connectivity index is 2.64. The smallest absolute Gasteiger partial charge is 0.358 e. The zero-order chi connectivity index (χ0) is 14.2. The third-order valence-electron chi connectivity index (χ3n) is 2.61. The SMILES string of the molecule is Cc1ccc(C(N)=O)c(-n2cc(N)c(C(=O)O)n2)c1. The van der Waals surface area contributed by atoms with Crippen LogP contribution < -0.4 is 11.5 Å². The molecule has 0 saturated heterocycles. The van der Waals surface area contributed by atoms with Crippen LogP contribution in [0.2, 0.25) is 0 Å². The van der Waals surface area contributed by atoms with E-state index in [1.807, 2.05) is 6.92 Å². The molecule has 5 N–H and O–H groups in total. The number of primary amides is 1. The van der Waals surface area contributed by atoms with Crippen LogP contribution in [0.3, 0.4) is 0 Å². The monoisotopic (exact) mass is 260 g/mol. The van der Waals surface area contributed by atoms with Crippen molar-refractivity contribution in [3.8, 4) is 5.69 Å². The highest BCUT2D eigenvalue weighted by atomic mass is 16.4. The van der Waals surface area contributed by atoms with Crippen LogP contribution in [0.15, 0.2) is 24.4 Å². The minimum Gasteiger partial charge on any atom is -0.476 e. The van der Waals surface area contributed by atoms with Gasteiger partial charge < -0.3 is 16.6 Å². The van der Waals surface area contributed by atoms with Crippen LogP contribution in [0.1, 0.15) is 26.4 Å². The number of aryl methyl sites for hydroxylation is 1. The molecule has 0 saturated carbocycles. The van der Waals surface area contributed by atoms with Gasteiger partial charge in [0.05, 0.1) is 23.1 Å². The maximum Gasteiger partial charge on any atom is 0.358 e. The number of aromatic carboxylic acids is 1. The summed E-state index contributed by atoms with van der Waals surface area (Å²) in [5.74, 6) is -1.86. The first kappa shape index (κ1) is 12.6. The van der Waals surface area contributed by atoms with Crippen molar-refractivity contribution in [3.63, 3.8) is 0 Å². The highest BCUT2D eigenvalue weighted by Gasteiger charge is 2.17. The molecule has 19 heavy (non-hydrogen) atoms. The lowest BCUT2D eigenvalue weighted by Crippen LogP contribution is -2.15. The van der Waals surface area contributed by atoms with Crippen LogP contribution in [0, 0.1) is 6.92 Å². The Morgan fingerprint density at radius 3 is 2.58 bits per heavy atom. The Kier molecular flexibility index (Phi) is 2.95. The summed E-state index contributed by atoms with van der Waals surface area (Å²) in [6, 6.07) is 4.97. The first-order chi connectivity index (χ1) is 8.90. The molecule has 0 unspecified atom stereocenters. The first-order valence-electron chi connectivity index (χ1n) is 5.39. The van der Waals surface area contributed by atoms with Crippen molar-refractivity contribution in [2.75, 3.05) is 5.73 Å². The fourth-order valence-corrected chi connectivity index (χ4v) is 1.72. The van der Waals surface area contributed by atoms with Crippen LogP contribution in [0.25, 0.3) is 5.69 Å². The van der Waals surface area contributed by atoms with Gasteiger partial charge in [0.2, 0.25) is 0 Å². The molecule has 0 aliphatic carbocycles. The number of aromatic nitrogens is 2. The number of rotatable bonds is 3. The number of nitrogens with two attached hydrogens (primary N) is 2. The largest absolute Gasteiger partial charge is 0.476 e. The molecule has 1 aromatic heterocycles. The van der Waals surface area contributed by atoms with Crippen molar-refractivity contribution >= 4 is 17.6 Å². The minimum absolute atomic E-state index is 0.0180. The second-order valence-corrected chi connectivity index (χ2v) is 4.07. The van der Waals surface area contributed by atoms with E-state index in [4.69, 9.17) is 16.6 Å². The minimum atomic E-state index is -1.23. The van der Waals surface area contributed by atoms with Crippen LogP contribution in [-0.2, 0) is 0 Å². The molecular weight excluding hydrogens is 248 g/mol. The summed E-state index contributed by atoms with van der Waals surface area (Å²) < 4.78 is 1.24. The third kappa shape index (κ3) is 2.25. The maximum absolute atomic E-state index is 11.4. The molecule has 1 aromatic carbocycles. The van der Waals surface area contributed by atoms with Gasteiger partial charge in [-0.05, 0) is 24.6 Å². The quantitative estimate of drug-likeness (QED) is 0.743. The zero-order valence-corrected chi connectivity index (χ0v) is 10.1. The predicted molar refractivity (Wildman–Crippen MR) is 68.2 cm³/mol. The van der Waals surface area contributed by atoms with Gasteiger partial charge in [0.15, 0.2) is 5.69 Å². The summed E-state index contributed by atoms with van der Waals surface area (Å²) >= 11 is 0. The van der Waals surface area contributed by atoms with E-state index in [-0.39, 0.29) is 16.9 Å². The Morgan fingerprint density at radius 1 is 1.37 bits per heavy atom. The van der Waals surface area contributed by atoms with Crippen LogP contribution in [-0.4, -0.2) is 26.8 Å². The van der Waals surface area contributed by atoms with E-state index >= 15 is 0 Å². The lowest BCUT2D eigenvalue weighted by Gasteiger charge is -2.07. The summed E-state index contributed by atoms with van der Waals surface area (Å²) in [5, 5.41) is 12.8. The molecule has 2 rings (SSSR count). The predicted octanol–water partition coefficient (Wildman–Crippen LogP) is 0.560. The molecule has 0 atom stereocenters. The fourth-order valence-electron chi connectivity index (χ4n) is 1.72. The molecular formula is C12H12N4O3. The number of amides is 1. The zero-order valence-electron chi connectivity index (χ0n) is 10.1. The second kappa shape index (κ2) is 4.45. The average molecular weight is 260 g/mol. The normalized spacial score (nSPS) is 10.4. The Labute approximate surface area is 108 Å². The Bertz CT molecular complexity index is 676. The van der Waals surface area contributed by atoms with Crippen molar-refractivity contribution in [2.45, 2.75) is 6.92 Å². The van der Waals surface area contributed by atoms with Gasteiger partial charge in [-0.2, -0.15) is 5.10 Å². The number of benzene rings is 1. The highest BCUT2D eigenvalue weighted by molar-refractivity contribution is 5.97. The number of nitrogen functional groups attached to an aromatic ring is 1. The van der Waals surface area contributed by atoms with Crippen LogP contribution in [0.5, 0.6) is 0 Å². The Hall–Kier alpha value is -2.83. The van der Waals surface area contributed by atoms with Crippen molar-refractivity contribution in [1.29, 1.82) is 0 Å². The third-order valence-corrected chi connectivity index (χ3v) is 2.61. The van der Waals surface area contributed by atoms with E-state index in [1.54, 1.807) is 18.2 Å². The topological polar surface area (TPSA) is 124 Å². The maximum atomic E-state index is 11.4. The van der Waals surface area contributed by atoms with Crippen molar-refractivity contribution in [2.24, 2.45) is 5.73 Å². The fraction of sp³-hybridized carbons (Fsp3) is 0.0833. The van der Waals surface area contributed by atoms with Crippen molar-refractivity contribution < 1.29 is 14.7 Å². The van der Waals surface area contributed by atoms with Crippen molar-refractivity contribution in [1.82, 2.24) is 9.78 Å². The molecule has 0 spiro atoms. The van der Waals surface area contributed by atoms with Gasteiger partial charge in [-0.15, -0.1) is 0 Å². The highest BCUT2D eigenvalue weighted by Crippen LogP contribution is 2.19. The van der Waals surface area contributed by atoms with Gasteiger partial charge in [0, 0.05) is 0 Å². The molecule has 0 radical (unpaired) electrons. The van der Waals surface area contributed by atoms with E-state index in [2.05, 4.69) is 5.10 Å². The van der Waals surface area contributed by atoms with E-state index in [0.717, 1.165) is 5.56 Å². The molecule has 2 aromatic rings. The number of carboxylic acids is 1. The summed E-state index contributed by atoms with van der Waals surface area (Å²) in [4.78, 5) is 22.3. The lowest BCUT2D eigenvalue weighted by atomic mass is 10.1. The number of carbonyl (C=O) groups excluding carboxylic acids is 1. The van der Waals surface area contributed by atoms with Crippen LogP contribution in [0.4, 0.5) is 5.69 Å². The van der Waals surface area contributed by atoms with E-state index < -0.39 is 11.9 Å². The van der Waals surface area contributed by atoms with Gasteiger partial charge in [0.1, 0.15) is 0 Å². The standard InChI is InChI=1S/C12H12N4O3/c1-6-2-3-7(11(14)17)9(4-6)16-5-8(13)10(15-16)12(18)19/h2-5H,13H2,1H3,(H2,14,17)(H,18,19). The van der Waals surface area contributed by atoms with Gasteiger partial charge in [-0.3, -0.25) is 4.79 Å². The summed E-state index contributed by atoms with van der Waals surface area (Å²) in [5.41, 5.74) is 12.1. The van der Waals surface area contributed by atoms with Gasteiger partial charge in [-0.25, -0.2) is 9.48 Å². The second-order valence-electron chi connectivity index (χ2n) is 4.07. The van der Waals surface area contributed by atoms with E-state index in [0.29, 0.717) is 5.69 Å². The molecule has 7 nitrogen and oxygen atoms in total. The number of hydrogen-bond acceptors (Lipinski definition) is 4.